The summed E-state index contributed by atoms with van der Waals surface area (Å²) in [5.74, 6) is 0.169. The summed E-state index contributed by atoms with van der Waals surface area (Å²) < 4.78 is 11.0. The second kappa shape index (κ2) is 6.65. The van der Waals surface area contributed by atoms with Gasteiger partial charge in [0.25, 0.3) is 17.5 Å². The third-order valence-electron chi connectivity index (χ3n) is 6.04. The molecule has 152 valence electrons. The number of hydrogen-bond acceptors (Lipinski definition) is 7. The summed E-state index contributed by atoms with van der Waals surface area (Å²) in [7, 11) is 1.41. The van der Waals surface area contributed by atoms with Crippen LogP contribution in [-0.2, 0) is 9.59 Å². The number of fused-ring (bicyclic) bond motifs is 5. The van der Waals surface area contributed by atoms with Crippen molar-refractivity contribution in [2.45, 2.75) is 6.42 Å². The molecule has 30 heavy (non-hydrogen) atoms. The van der Waals surface area contributed by atoms with Gasteiger partial charge in [-0.15, -0.1) is 0 Å². The van der Waals surface area contributed by atoms with Gasteiger partial charge in [-0.25, -0.2) is 0 Å². The number of carbonyl (C=O) groups excluding carboxylic acids is 2. The van der Waals surface area contributed by atoms with E-state index in [0.717, 1.165) is 11.4 Å². The molecule has 0 N–H and O–H groups in total. The van der Waals surface area contributed by atoms with Crippen LogP contribution in [0.4, 0.5) is 5.69 Å². The van der Waals surface area contributed by atoms with Crippen LogP contribution in [-0.4, -0.2) is 35.1 Å². The van der Waals surface area contributed by atoms with Gasteiger partial charge in [-0.3, -0.25) is 19.7 Å². The quantitative estimate of drug-likeness (QED) is 0.247. The fourth-order valence-corrected chi connectivity index (χ4v) is 4.68. The summed E-state index contributed by atoms with van der Waals surface area (Å²) in [6.45, 7) is 0. The molecule has 5 rings (SSSR count). The number of imide groups is 1. The first-order chi connectivity index (χ1) is 14.5. The van der Waals surface area contributed by atoms with Crippen molar-refractivity contribution < 1.29 is 23.7 Å². The van der Waals surface area contributed by atoms with E-state index in [4.69, 9.17) is 9.15 Å². The van der Waals surface area contributed by atoms with E-state index in [0.29, 0.717) is 22.8 Å². The number of furan rings is 1. The van der Waals surface area contributed by atoms with Gasteiger partial charge in [0, 0.05) is 6.07 Å². The van der Waals surface area contributed by atoms with Crippen LogP contribution in [0.2, 0.25) is 0 Å². The summed E-state index contributed by atoms with van der Waals surface area (Å²) >= 11 is 0. The minimum Gasteiger partial charge on any atom is -0.496 e. The van der Waals surface area contributed by atoms with Crippen LogP contribution in [0.15, 0.2) is 52.0 Å². The van der Waals surface area contributed by atoms with Gasteiger partial charge in [0.15, 0.2) is 0 Å². The molecule has 1 aromatic carbocycles. The number of non-ortho nitro benzene ring substituents is 1. The first kappa shape index (κ1) is 18.3. The highest BCUT2D eigenvalue weighted by molar-refractivity contribution is 6.06. The highest BCUT2D eigenvalue weighted by Gasteiger charge is 2.59. The van der Waals surface area contributed by atoms with Crippen molar-refractivity contribution in [1.29, 1.82) is 0 Å². The van der Waals surface area contributed by atoms with Crippen molar-refractivity contribution in [2.24, 2.45) is 28.8 Å². The number of carbonyl (C=O) groups is 2. The standard InChI is InChI=1S/C21H17N3O6/c1-29-17-9-13(24(27)28)4-6-15(17)16-7-5-14(30-16)10-22-23-20(25)18-11-2-3-12(8-11)19(18)21(23)26/h2-7,9-12,18-19H,8H2,1H3/b22-10-/t11-,12-,18+,19+/m0/s1. The van der Waals surface area contributed by atoms with Crippen molar-refractivity contribution in [3.05, 3.63) is 58.4 Å². The summed E-state index contributed by atoms with van der Waals surface area (Å²) in [5, 5.41) is 16.0. The molecule has 2 amide bonds. The maximum Gasteiger partial charge on any atom is 0.273 e. The molecule has 2 aromatic rings. The lowest BCUT2D eigenvalue weighted by Gasteiger charge is -2.13. The number of benzene rings is 1. The number of rotatable bonds is 5. The Balaban J connectivity index is 1.37. The highest BCUT2D eigenvalue weighted by Crippen LogP contribution is 2.52. The minimum atomic E-state index is -0.506. The zero-order valence-corrected chi connectivity index (χ0v) is 15.9. The van der Waals surface area contributed by atoms with E-state index >= 15 is 0 Å². The molecule has 9 nitrogen and oxygen atoms in total. The lowest BCUT2D eigenvalue weighted by Crippen LogP contribution is -2.28. The van der Waals surface area contributed by atoms with Crippen LogP contribution in [0.5, 0.6) is 5.75 Å². The van der Waals surface area contributed by atoms with E-state index in [1.807, 2.05) is 12.2 Å². The van der Waals surface area contributed by atoms with Crippen molar-refractivity contribution in [2.75, 3.05) is 7.11 Å². The first-order valence-corrected chi connectivity index (χ1v) is 9.50. The summed E-state index contributed by atoms with van der Waals surface area (Å²) in [4.78, 5) is 35.8. The molecule has 1 aliphatic heterocycles. The summed E-state index contributed by atoms with van der Waals surface area (Å²) in [5.41, 5.74) is 0.442. The van der Waals surface area contributed by atoms with E-state index in [2.05, 4.69) is 5.10 Å². The molecular formula is C21H17N3O6. The smallest absolute Gasteiger partial charge is 0.273 e. The normalized spacial score (nSPS) is 26.8. The molecular weight excluding hydrogens is 390 g/mol. The highest BCUT2D eigenvalue weighted by atomic mass is 16.6. The lowest BCUT2D eigenvalue weighted by atomic mass is 9.85. The van der Waals surface area contributed by atoms with Crippen molar-refractivity contribution >= 4 is 23.7 Å². The Labute approximate surface area is 170 Å². The molecule has 2 aliphatic carbocycles. The van der Waals surface area contributed by atoms with Crippen LogP contribution in [0.1, 0.15) is 12.2 Å². The monoisotopic (exact) mass is 407 g/mol. The Bertz CT molecular complexity index is 1100. The SMILES string of the molecule is COc1cc([N+](=O)[O-])ccc1-c1ccc(/C=N\N2C(=O)[C@H]3[C@H](C2=O)[C@H]2C=C[C@H]3C2)o1. The van der Waals surface area contributed by atoms with Gasteiger partial charge in [-0.2, -0.15) is 10.1 Å². The molecule has 2 bridgehead atoms. The maximum atomic E-state index is 12.7. The van der Waals surface area contributed by atoms with Crippen LogP contribution in [0.3, 0.4) is 0 Å². The number of nitro groups is 1. The second-order valence-corrected chi connectivity index (χ2v) is 7.58. The predicted molar refractivity (Wildman–Crippen MR) is 105 cm³/mol. The van der Waals surface area contributed by atoms with Gasteiger partial charge in [0.05, 0.1) is 41.7 Å². The van der Waals surface area contributed by atoms with E-state index in [1.54, 1.807) is 12.1 Å². The van der Waals surface area contributed by atoms with Crippen molar-refractivity contribution in [3.8, 4) is 17.1 Å². The van der Waals surface area contributed by atoms with Crippen molar-refractivity contribution in [3.63, 3.8) is 0 Å². The number of nitro benzene ring substituents is 1. The maximum absolute atomic E-state index is 12.7. The van der Waals surface area contributed by atoms with E-state index < -0.39 is 4.92 Å². The third kappa shape index (κ3) is 2.66. The largest absolute Gasteiger partial charge is 0.496 e. The van der Waals surface area contributed by atoms with Gasteiger partial charge in [-0.1, -0.05) is 12.2 Å². The zero-order chi connectivity index (χ0) is 21.0. The van der Waals surface area contributed by atoms with E-state index in [9.17, 15) is 19.7 Å². The molecule has 3 aliphatic rings. The topological polar surface area (TPSA) is 115 Å². The number of nitrogens with zero attached hydrogens (tertiary/aromatic N) is 3. The second-order valence-electron chi connectivity index (χ2n) is 7.58. The molecule has 1 saturated carbocycles. The summed E-state index contributed by atoms with van der Waals surface area (Å²) in [6.07, 6.45) is 6.25. The van der Waals surface area contributed by atoms with E-state index in [1.165, 1.54) is 31.5 Å². The Hall–Kier alpha value is -3.75. The fraction of sp³-hybridized carbons (Fsp3) is 0.286. The Morgan fingerprint density at radius 3 is 2.50 bits per heavy atom. The van der Waals surface area contributed by atoms with Gasteiger partial charge in [-0.05, 0) is 36.5 Å². The Kier molecular flexibility index (Phi) is 4.05. The number of ether oxygens (including phenoxy) is 1. The van der Waals surface area contributed by atoms with Crippen LogP contribution < -0.4 is 4.74 Å². The Morgan fingerprint density at radius 1 is 1.17 bits per heavy atom. The molecule has 2 fully saturated rings. The van der Waals surface area contributed by atoms with E-state index in [-0.39, 0.29) is 41.2 Å². The summed E-state index contributed by atoms with van der Waals surface area (Å²) in [6, 6.07) is 7.51. The molecule has 4 atom stereocenters. The Morgan fingerprint density at radius 2 is 1.87 bits per heavy atom. The number of hydrazone groups is 1. The van der Waals surface area contributed by atoms with Gasteiger partial charge < -0.3 is 9.15 Å². The average Bonchev–Trinajstić information content (AvgIpc) is 3.51. The molecule has 0 radical (unpaired) electrons. The molecule has 2 heterocycles. The zero-order valence-electron chi connectivity index (χ0n) is 15.9. The predicted octanol–water partition coefficient (Wildman–Crippen LogP) is 3.00. The number of allylic oxidation sites excluding steroid dienone is 2. The van der Waals surface area contributed by atoms with Crippen LogP contribution in [0.25, 0.3) is 11.3 Å². The van der Waals surface area contributed by atoms with Crippen LogP contribution >= 0.6 is 0 Å². The van der Waals surface area contributed by atoms with Gasteiger partial charge in [0.2, 0.25) is 0 Å². The first-order valence-electron chi connectivity index (χ1n) is 9.50. The minimum absolute atomic E-state index is 0.0935. The number of amides is 2. The molecule has 1 aromatic heterocycles. The third-order valence-corrected chi connectivity index (χ3v) is 6.04. The number of methoxy groups -OCH3 is 1. The molecule has 9 heteroatoms. The van der Waals surface area contributed by atoms with Gasteiger partial charge >= 0.3 is 0 Å². The molecule has 0 unspecified atom stereocenters. The molecule has 1 saturated heterocycles. The van der Waals surface area contributed by atoms with Crippen LogP contribution in [0, 0.1) is 33.8 Å². The van der Waals surface area contributed by atoms with Gasteiger partial charge in [0.1, 0.15) is 17.3 Å². The lowest BCUT2D eigenvalue weighted by molar-refractivity contribution is -0.384. The average molecular weight is 407 g/mol. The van der Waals surface area contributed by atoms with Crippen molar-refractivity contribution in [1.82, 2.24) is 5.01 Å². The number of hydrogen-bond donors (Lipinski definition) is 0. The molecule has 0 spiro atoms. The fourth-order valence-electron chi connectivity index (χ4n) is 4.68.